The van der Waals surface area contributed by atoms with E-state index in [1.165, 1.54) is 12.8 Å². The number of hydrogen-bond donors (Lipinski definition) is 2. The molecule has 2 aliphatic rings. The summed E-state index contributed by atoms with van der Waals surface area (Å²) >= 11 is 0. The molecule has 2 fully saturated rings. The van der Waals surface area contributed by atoms with Crippen molar-refractivity contribution >= 4 is 18.3 Å². The average Bonchev–Trinajstić information content (AvgIpc) is 2.83. The van der Waals surface area contributed by atoms with Crippen LogP contribution in [-0.2, 0) is 4.79 Å². The Labute approximate surface area is 128 Å². The number of piperidine rings is 1. The molecule has 0 radical (unpaired) electrons. The van der Waals surface area contributed by atoms with Crippen molar-refractivity contribution in [2.75, 3.05) is 19.6 Å². The number of β-amino-alcohol motifs (C(OH)–C–C–N with tert-alkyl or cyclic N) is 1. The number of nitrogens with one attached hydrogen (secondary N) is 1. The van der Waals surface area contributed by atoms with Gasteiger partial charge in [-0.25, -0.2) is 0 Å². The molecule has 118 valence electrons. The second-order valence-corrected chi connectivity index (χ2v) is 6.59. The van der Waals surface area contributed by atoms with Gasteiger partial charge in [-0.2, -0.15) is 0 Å². The number of carbonyl (C=O) groups excluding carboxylic acids is 1. The number of halogens is 1. The van der Waals surface area contributed by atoms with Gasteiger partial charge < -0.3 is 15.3 Å². The predicted molar refractivity (Wildman–Crippen MR) is 83.0 cm³/mol. The van der Waals surface area contributed by atoms with Crippen LogP contribution in [0.5, 0.6) is 0 Å². The fourth-order valence-corrected chi connectivity index (χ4v) is 3.14. The highest BCUT2D eigenvalue weighted by Crippen LogP contribution is 2.24. The fraction of sp³-hybridized carbons (Fsp3) is 0.933. The molecule has 0 aromatic heterocycles. The summed E-state index contributed by atoms with van der Waals surface area (Å²) in [6.45, 7) is 6.90. The van der Waals surface area contributed by atoms with Crippen LogP contribution in [-0.4, -0.2) is 47.7 Å². The highest BCUT2D eigenvalue weighted by molar-refractivity contribution is 5.85. The second-order valence-electron chi connectivity index (χ2n) is 6.59. The topological polar surface area (TPSA) is 52.6 Å². The zero-order chi connectivity index (χ0) is 13.8. The van der Waals surface area contributed by atoms with E-state index in [-0.39, 0.29) is 30.5 Å². The van der Waals surface area contributed by atoms with E-state index in [1.54, 1.807) is 0 Å². The molecular formula is C15H29ClN2O2. The molecule has 2 rings (SSSR count). The Morgan fingerprint density at radius 1 is 1.35 bits per heavy atom. The SMILES string of the molecule is CC(C)CCC1CCN(C(=O)C2CC(O)CN2)CC1.Cl. The van der Waals surface area contributed by atoms with Gasteiger partial charge in [0.25, 0.3) is 0 Å². The van der Waals surface area contributed by atoms with E-state index in [9.17, 15) is 9.90 Å². The van der Waals surface area contributed by atoms with Gasteiger partial charge in [0.2, 0.25) is 5.91 Å². The Bertz CT molecular complexity index is 304. The molecule has 2 aliphatic heterocycles. The Morgan fingerprint density at radius 2 is 2.00 bits per heavy atom. The van der Waals surface area contributed by atoms with E-state index >= 15 is 0 Å². The average molecular weight is 305 g/mol. The van der Waals surface area contributed by atoms with Gasteiger partial charge >= 0.3 is 0 Å². The van der Waals surface area contributed by atoms with E-state index in [1.807, 2.05) is 4.90 Å². The summed E-state index contributed by atoms with van der Waals surface area (Å²) in [5, 5.41) is 12.6. The van der Waals surface area contributed by atoms with Crippen LogP contribution in [0.4, 0.5) is 0 Å². The van der Waals surface area contributed by atoms with Gasteiger partial charge in [-0.15, -0.1) is 12.4 Å². The number of rotatable bonds is 4. The number of hydrogen-bond acceptors (Lipinski definition) is 3. The maximum Gasteiger partial charge on any atom is 0.239 e. The first-order valence-corrected chi connectivity index (χ1v) is 7.76. The van der Waals surface area contributed by atoms with Crippen LogP contribution in [0, 0.1) is 11.8 Å². The van der Waals surface area contributed by atoms with Crippen molar-refractivity contribution in [3.05, 3.63) is 0 Å². The number of aliphatic hydroxyl groups excluding tert-OH is 1. The van der Waals surface area contributed by atoms with Crippen molar-refractivity contribution in [1.29, 1.82) is 0 Å². The summed E-state index contributed by atoms with van der Waals surface area (Å²) in [6, 6.07) is -0.151. The van der Waals surface area contributed by atoms with E-state index in [0.717, 1.165) is 37.8 Å². The number of nitrogens with zero attached hydrogens (tertiary/aromatic N) is 1. The van der Waals surface area contributed by atoms with E-state index < -0.39 is 0 Å². The molecular weight excluding hydrogens is 276 g/mol. The standard InChI is InChI=1S/C15H28N2O2.ClH/c1-11(2)3-4-12-5-7-17(8-6-12)15(19)14-9-13(18)10-16-14;/h11-14,16,18H,3-10H2,1-2H3;1H. The summed E-state index contributed by atoms with van der Waals surface area (Å²) in [5.74, 6) is 1.77. The zero-order valence-corrected chi connectivity index (χ0v) is 13.5. The molecule has 2 heterocycles. The maximum absolute atomic E-state index is 12.3. The number of carbonyl (C=O) groups is 1. The van der Waals surface area contributed by atoms with Gasteiger partial charge in [-0.1, -0.05) is 26.7 Å². The first kappa shape index (κ1) is 17.7. The number of amides is 1. The van der Waals surface area contributed by atoms with Crippen molar-refractivity contribution in [2.45, 2.75) is 58.1 Å². The van der Waals surface area contributed by atoms with Gasteiger partial charge in [0.05, 0.1) is 12.1 Å². The van der Waals surface area contributed by atoms with E-state index in [2.05, 4.69) is 19.2 Å². The molecule has 2 N–H and O–H groups in total. The molecule has 0 spiro atoms. The normalized spacial score (nSPS) is 27.7. The molecule has 4 nitrogen and oxygen atoms in total. The summed E-state index contributed by atoms with van der Waals surface area (Å²) < 4.78 is 0. The maximum atomic E-state index is 12.3. The molecule has 5 heteroatoms. The quantitative estimate of drug-likeness (QED) is 0.833. The highest BCUT2D eigenvalue weighted by atomic mass is 35.5. The molecule has 1 amide bonds. The zero-order valence-electron chi connectivity index (χ0n) is 12.7. The van der Waals surface area contributed by atoms with Gasteiger partial charge in [0, 0.05) is 19.6 Å². The third-order valence-electron chi connectivity index (χ3n) is 4.48. The van der Waals surface area contributed by atoms with Gasteiger partial charge in [-0.05, 0) is 31.1 Å². The highest BCUT2D eigenvalue weighted by Gasteiger charge is 2.32. The molecule has 2 saturated heterocycles. The lowest BCUT2D eigenvalue weighted by Crippen LogP contribution is -2.47. The lowest BCUT2D eigenvalue weighted by atomic mass is 9.89. The van der Waals surface area contributed by atoms with Crippen LogP contribution in [0.15, 0.2) is 0 Å². The van der Waals surface area contributed by atoms with Crippen LogP contribution in [0.2, 0.25) is 0 Å². The first-order chi connectivity index (χ1) is 9.06. The Morgan fingerprint density at radius 3 is 2.50 bits per heavy atom. The smallest absolute Gasteiger partial charge is 0.239 e. The molecule has 20 heavy (non-hydrogen) atoms. The van der Waals surface area contributed by atoms with Gasteiger partial charge in [-0.3, -0.25) is 4.79 Å². The summed E-state index contributed by atoms with van der Waals surface area (Å²) in [4.78, 5) is 14.3. The monoisotopic (exact) mass is 304 g/mol. The Hall–Kier alpha value is -0.320. The Balaban J connectivity index is 0.00000200. The molecule has 0 aromatic carbocycles. The predicted octanol–water partition coefficient (Wildman–Crippen LogP) is 1.81. The largest absolute Gasteiger partial charge is 0.392 e. The summed E-state index contributed by atoms with van der Waals surface area (Å²) in [6.07, 6.45) is 5.13. The molecule has 0 saturated carbocycles. The minimum atomic E-state index is -0.350. The first-order valence-electron chi connectivity index (χ1n) is 7.76. The summed E-state index contributed by atoms with van der Waals surface area (Å²) in [5.41, 5.74) is 0. The molecule has 0 aromatic rings. The number of aliphatic hydroxyl groups is 1. The Kier molecular flexibility index (Phi) is 7.27. The minimum Gasteiger partial charge on any atom is -0.392 e. The molecule has 2 atom stereocenters. The fourth-order valence-electron chi connectivity index (χ4n) is 3.14. The third kappa shape index (κ3) is 4.90. The van der Waals surface area contributed by atoms with Crippen LogP contribution in [0.3, 0.4) is 0 Å². The second kappa shape index (κ2) is 8.20. The van der Waals surface area contributed by atoms with Crippen molar-refractivity contribution in [1.82, 2.24) is 10.2 Å². The summed E-state index contributed by atoms with van der Waals surface area (Å²) in [7, 11) is 0. The van der Waals surface area contributed by atoms with E-state index in [0.29, 0.717) is 13.0 Å². The van der Waals surface area contributed by atoms with Crippen molar-refractivity contribution < 1.29 is 9.90 Å². The van der Waals surface area contributed by atoms with Crippen molar-refractivity contribution in [3.63, 3.8) is 0 Å². The van der Waals surface area contributed by atoms with Crippen molar-refractivity contribution in [3.8, 4) is 0 Å². The van der Waals surface area contributed by atoms with Gasteiger partial charge in [0.15, 0.2) is 0 Å². The molecule has 0 aliphatic carbocycles. The van der Waals surface area contributed by atoms with Crippen LogP contribution >= 0.6 is 12.4 Å². The van der Waals surface area contributed by atoms with Crippen LogP contribution < -0.4 is 5.32 Å². The lowest BCUT2D eigenvalue weighted by molar-refractivity contribution is -0.134. The molecule has 2 unspecified atom stereocenters. The third-order valence-corrected chi connectivity index (χ3v) is 4.48. The molecule has 0 bridgehead atoms. The van der Waals surface area contributed by atoms with Crippen LogP contribution in [0.25, 0.3) is 0 Å². The number of likely N-dealkylation sites (tertiary alicyclic amines) is 1. The lowest BCUT2D eigenvalue weighted by Gasteiger charge is -2.33. The van der Waals surface area contributed by atoms with Crippen LogP contribution in [0.1, 0.15) is 46.0 Å². The van der Waals surface area contributed by atoms with E-state index in [4.69, 9.17) is 0 Å². The minimum absolute atomic E-state index is 0. The van der Waals surface area contributed by atoms with Crippen molar-refractivity contribution in [2.24, 2.45) is 11.8 Å². The van der Waals surface area contributed by atoms with Gasteiger partial charge in [0.1, 0.15) is 0 Å².